The van der Waals surface area contributed by atoms with Crippen molar-refractivity contribution in [1.29, 1.82) is 0 Å². The predicted octanol–water partition coefficient (Wildman–Crippen LogP) is 3.62. The lowest BCUT2D eigenvalue weighted by Crippen LogP contribution is -2.28. The Hall–Kier alpha value is -0.540. The zero-order valence-electron chi connectivity index (χ0n) is 11.4. The predicted molar refractivity (Wildman–Crippen MR) is 79.3 cm³/mol. The van der Waals surface area contributed by atoms with E-state index >= 15 is 0 Å². The van der Waals surface area contributed by atoms with E-state index in [1.807, 2.05) is 6.92 Å². The fourth-order valence-corrected chi connectivity index (χ4v) is 3.32. The van der Waals surface area contributed by atoms with Gasteiger partial charge in [-0.3, -0.25) is 0 Å². The van der Waals surface area contributed by atoms with Crippen molar-refractivity contribution in [2.75, 3.05) is 13.1 Å². The molecule has 0 unspecified atom stereocenters. The first-order valence-corrected chi connectivity index (χ1v) is 7.49. The zero-order chi connectivity index (χ0) is 13.3. The highest BCUT2D eigenvalue weighted by Crippen LogP contribution is 2.37. The molecular weight excluding hydrogens is 290 g/mol. The fourth-order valence-electron chi connectivity index (χ4n) is 2.78. The number of phenols is 1. The maximum absolute atomic E-state index is 10.4. The summed E-state index contributed by atoms with van der Waals surface area (Å²) in [6, 6.07) is 0. The lowest BCUT2D eigenvalue weighted by molar-refractivity contribution is 0.365. The largest absolute Gasteiger partial charge is 0.507 e. The monoisotopic (exact) mass is 311 g/mol. The van der Waals surface area contributed by atoms with Crippen molar-refractivity contribution in [2.45, 2.75) is 40.0 Å². The van der Waals surface area contributed by atoms with Crippen LogP contribution in [-0.2, 0) is 6.42 Å². The maximum atomic E-state index is 10.4. The number of benzene rings is 1. The van der Waals surface area contributed by atoms with E-state index in [0.29, 0.717) is 11.7 Å². The Morgan fingerprint density at radius 3 is 2.33 bits per heavy atom. The quantitative estimate of drug-likeness (QED) is 0.874. The standard InChI is InChI=1S/C15H22BrNO/c1-9-10(2)15(18)13(11(3)14(9)16)8-12-4-6-17-7-5-12/h12,17-18H,4-8H2,1-3H3. The molecule has 1 aliphatic rings. The SMILES string of the molecule is Cc1c(C)c(Br)c(C)c(CC2CCNCC2)c1O. The van der Waals surface area contributed by atoms with E-state index in [0.717, 1.165) is 40.7 Å². The Morgan fingerprint density at radius 1 is 1.11 bits per heavy atom. The van der Waals surface area contributed by atoms with Gasteiger partial charge in [-0.25, -0.2) is 0 Å². The van der Waals surface area contributed by atoms with Crippen molar-refractivity contribution in [3.63, 3.8) is 0 Å². The summed E-state index contributed by atoms with van der Waals surface area (Å²) in [5.74, 6) is 1.21. The van der Waals surface area contributed by atoms with Crippen molar-refractivity contribution >= 4 is 15.9 Å². The highest BCUT2D eigenvalue weighted by molar-refractivity contribution is 9.10. The first-order chi connectivity index (χ1) is 8.52. The topological polar surface area (TPSA) is 32.3 Å². The molecule has 2 N–H and O–H groups in total. The number of piperidine rings is 1. The Kier molecular flexibility index (Phi) is 4.33. The molecule has 3 heteroatoms. The summed E-state index contributed by atoms with van der Waals surface area (Å²) in [6.45, 7) is 8.38. The smallest absolute Gasteiger partial charge is 0.122 e. The number of hydrogen-bond donors (Lipinski definition) is 2. The van der Waals surface area contributed by atoms with Gasteiger partial charge >= 0.3 is 0 Å². The molecule has 0 saturated carbocycles. The summed E-state index contributed by atoms with van der Waals surface area (Å²) < 4.78 is 1.15. The third-order valence-corrected chi connectivity index (χ3v) is 5.46. The van der Waals surface area contributed by atoms with Gasteiger partial charge in [-0.05, 0) is 81.3 Å². The molecule has 1 fully saturated rings. The van der Waals surface area contributed by atoms with E-state index in [-0.39, 0.29) is 0 Å². The van der Waals surface area contributed by atoms with Crippen LogP contribution in [0.4, 0.5) is 0 Å². The number of phenolic OH excluding ortho intramolecular Hbond substituents is 1. The summed E-state index contributed by atoms with van der Waals surface area (Å²) in [6.07, 6.45) is 3.42. The molecular formula is C15H22BrNO. The van der Waals surface area contributed by atoms with Crippen molar-refractivity contribution < 1.29 is 5.11 Å². The van der Waals surface area contributed by atoms with Gasteiger partial charge < -0.3 is 10.4 Å². The Labute approximate surface area is 118 Å². The van der Waals surface area contributed by atoms with Crippen LogP contribution in [0.25, 0.3) is 0 Å². The van der Waals surface area contributed by atoms with Crippen LogP contribution in [0.1, 0.15) is 35.1 Å². The minimum absolute atomic E-state index is 0.506. The molecule has 1 aromatic carbocycles. The van der Waals surface area contributed by atoms with Crippen LogP contribution in [0.5, 0.6) is 5.75 Å². The van der Waals surface area contributed by atoms with Crippen LogP contribution in [0.3, 0.4) is 0 Å². The van der Waals surface area contributed by atoms with Gasteiger partial charge in [0.1, 0.15) is 5.75 Å². The summed E-state index contributed by atoms with van der Waals surface area (Å²) in [5.41, 5.74) is 4.50. The van der Waals surface area contributed by atoms with E-state index in [4.69, 9.17) is 0 Å². The van der Waals surface area contributed by atoms with Crippen molar-refractivity contribution in [3.8, 4) is 5.75 Å². The number of hydrogen-bond acceptors (Lipinski definition) is 2. The van der Waals surface area contributed by atoms with Gasteiger partial charge in [-0.15, -0.1) is 0 Å². The van der Waals surface area contributed by atoms with Gasteiger partial charge in [0.05, 0.1) is 0 Å². The van der Waals surface area contributed by atoms with Gasteiger partial charge in [0.15, 0.2) is 0 Å². The lowest BCUT2D eigenvalue weighted by Gasteiger charge is -2.25. The van der Waals surface area contributed by atoms with Gasteiger partial charge in [-0.2, -0.15) is 0 Å². The molecule has 0 amide bonds. The van der Waals surface area contributed by atoms with E-state index in [1.54, 1.807) is 0 Å². The second kappa shape index (κ2) is 5.62. The first kappa shape index (κ1) is 13.9. The third kappa shape index (κ3) is 2.57. The van der Waals surface area contributed by atoms with E-state index in [9.17, 15) is 5.11 Å². The summed E-state index contributed by atoms with van der Waals surface area (Å²) in [5, 5.41) is 13.8. The van der Waals surface area contributed by atoms with E-state index in [1.165, 1.54) is 18.4 Å². The Bertz CT molecular complexity index is 421. The normalized spacial score (nSPS) is 17.1. The fraction of sp³-hybridized carbons (Fsp3) is 0.600. The highest BCUT2D eigenvalue weighted by Gasteiger charge is 2.20. The molecule has 0 bridgehead atoms. The van der Waals surface area contributed by atoms with Gasteiger partial charge in [-0.1, -0.05) is 15.9 Å². The lowest BCUT2D eigenvalue weighted by atomic mass is 9.87. The van der Waals surface area contributed by atoms with E-state index < -0.39 is 0 Å². The summed E-state index contributed by atoms with van der Waals surface area (Å²) >= 11 is 3.66. The van der Waals surface area contributed by atoms with Gasteiger partial charge in [0.25, 0.3) is 0 Å². The van der Waals surface area contributed by atoms with Crippen LogP contribution in [0.15, 0.2) is 4.47 Å². The minimum atomic E-state index is 0.506. The Balaban J connectivity index is 2.32. The summed E-state index contributed by atoms with van der Waals surface area (Å²) in [4.78, 5) is 0. The molecule has 0 aliphatic carbocycles. The Morgan fingerprint density at radius 2 is 1.72 bits per heavy atom. The third-order valence-electron chi connectivity index (χ3n) is 4.27. The van der Waals surface area contributed by atoms with Gasteiger partial charge in [0.2, 0.25) is 0 Å². The second-order valence-corrected chi connectivity index (χ2v) is 6.21. The molecule has 100 valence electrons. The molecule has 0 aromatic heterocycles. The number of nitrogens with one attached hydrogen (secondary N) is 1. The van der Waals surface area contributed by atoms with Crippen molar-refractivity contribution in [2.24, 2.45) is 5.92 Å². The van der Waals surface area contributed by atoms with Gasteiger partial charge in [0, 0.05) is 4.47 Å². The molecule has 0 spiro atoms. The second-order valence-electron chi connectivity index (χ2n) is 5.41. The van der Waals surface area contributed by atoms with Crippen molar-refractivity contribution in [3.05, 3.63) is 26.7 Å². The molecule has 2 nitrogen and oxygen atoms in total. The molecule has 0 radical (unpaired) electrons. The van der Waals surface area contributed by atoms with Crippen molar-refractivity contribution in [1.82, 2.24) is 5.32 Å². The van der Waals surface area contributed by atoms with Crippen LogP contribution >= 0.6 is 15.9 Å². The van der Waals surface area contributed by atoms with Crippen LogP contribution in [0.2, 0.25) is 0 Å². The van der Waals surface area contributed by atoms with Crippen LogP contribution in [0, 0.1) is 26.7 Å². The minimum Gasteiger partial charge on any atom is -0.507 e. The molecule has 1 saturated heterocycles. The summed E-state index contributed by atoms with van der Waals surface area (Å²) in [7, 11) is 0. The average Bonchev–Trinajstić information content (AvgIpc) is 2.40. The molecule has 1 aliphatic heterocycles. The number of rotatable bonds is 2. The van der Waals surface area contributed by atoms with Crippen LogP contribution in [-0.4, -0.2) is 18.2 Å². The maximum Gasteiger partial charge on any atom is 0.122 e. The zero-order valence-corrected chi connectivity index (χ0v) is 13.0. The number of aromatic hydroxyl groups is 1. The molecule has 2 rings (SSSR count). The molecule has 18 heavy (non-hydrogen) atoms. The molecule has 0 atom stereocenters. The average molecular weight is 312 g/mol. The van der Waals surface area contributed by atoms with Crippen LogP contribution < -0.4 is 5.32 Å². The van der Waals surface area contributed by atoms with E-state index in [2.05, 4.69) is 35.1 Å². The highest BCUT2D eigenvalue weighted by atomic mass is 79.9. The molecule has 1 heterocycles. The number of halogens is 1. The first-order valence-electron chi connectivity index (χ1n) is 6.70. The molecule has 1 aromatic rings.